The van der Waals surface area contributed by atoms with E-state index in [-0.39, 0.29) is 17.0 Å². The second-order valence-corrected chi connectivity index (χ2v) is 8.12. The van der Waals surface area contributed by atoms with Crippen LogP contribution in [-0.2, 0) is 5.75 Å². The third-order valence-corrected chi connectivity index (χ3v) is 5.90. The van der Waals surface area contributed by atoms with Gasteiger partial charge in [-0.15, -0.1) is 10.2 Å². The van der Waals surface area contributed by atoms with E-state index < -0.39 is 10.8 Å². The molecular weight excluding hydrogens is 450 g/mol. The van der Waals surface area contributed by atoms with E-state index in [1.165, 1.54) is 30.0 Å². The zero-order valence-corrected chi connectivity index (χ0v) is 18.1. The molecule has 160 valence electrons. The predicted molar refractivity (Wildman–Crippen MR) is 123 cm³/mol. The zero-order valence-electron chi connectivity index (χ0n) is 16.5. The summed E-state index contributed by atoms with van der Waals surface area (Å²) in [5, 5.41) is 21.4. The number of hydrogen-bond acceptors (Lipinski definition) is 6. The first-order chi connectivity index (χ1) is 15.4. The molecule has 4 aromatic rings. The summed E-state index contributed by atoms with van der Waals surface area (Å²) < 4.78 is 1.89. The van der Waals surface area contributed by atoms with E-state index in [1.54, 1.807) is 12.1 Å². The summed E-state index contributed by atoms with van der Waals surface area (Å²) in [6.07, 6.45) is 0. The van der Waals surface area contributed by atoms with Crippen LogP contribution in [0, 0.1) is 10.1 Å². The number of rotatable bonds is 7. The van der Waals surface area contributed by atoms with Gasteiger partial charge >= 0.3 is 0 Å². The van der Waals surface area contributed by atoms with Gasteiger partial charge in [-0.25, -0.2) is 0 Å². The number of hydrogen-bond donors (Lipinski definition) is 1. The fourth-order valence-corrected chi connectivity index (χ4v) is 4.18. The van der Waals surface area contributed by atoms with Gasteiger partial charge in [0.15, 0.2) is 11.0 Å². The number of carbonyl (C=O) groups excluding carboxylic acids is 1. The summed E-state index contributed by atoms with van der Waals surface area (Å²) in [5.41, 5.74) is 7.29. The third-order valence-electron chi connectivity index (χ3n) is 4.67. The molecule has 2 N–H and O–H groups in total. The summed E-state index contributed by atoms with van der Waals surface area (Å²) in [6, 6.07) is 21.0. The van der Waals surface area contributed by atoms with E-state index >= 15 is 0 Å². The van der Waals surface area contributed by atoms with Gasteiger partial charge in [-0.3, -0.25) is 19.5 Å². The standard InChI is InChI=1S/C22H16ClN5O3S/c23-17-10-8-14(9-11-17)21-25-26-22(27(21)18-4-2-1-3-5-18)32-13-16-7-6-15(20(24)29)12-19(16)28(30)31/h1-12H,13H2,(H2,24,29). The average molecular weight is 466 g/mol. The van der Waals surface area contributed by atoms with Gasteiger partial charge in [-0.05, 0) is 42.5 Å². The highest BCUT2D eigenvalue weighted by Gasteiger charge is 2.20. The molecule has 0 saturated carbocycles. The number of benzene rings is 3. The number of halogens is 1. The number of primary amides is 1. The lowest BCUT2D eigenvalue weighted by Gasteiger charge is -2.10. The quantitative estimate of drug-likeness (QED) is 0.236. The van der Waals surface area contributed by atoms with Gasteiger partial charge in [0.1, 0.15) is 0 Å². The van der Waals surface area contributed by atoms with Gasteiger partial charge in [-0.1, -0.05) is 47.6 Å². The normalized spacial score (nSPS) is 10.8. The maximum Gasteiger partial charge on any atom is 0.274 e. The van der Waals surface area contributed by atoms with E-state index in [9.17, 15) is 14.9 Å². The Bertz CT molecular complexity index is 1290. The van der Waals surface area contributed by atoms with Crippen molar-refractivity contribution in [3.05, 3.63) is 99.1 Å². The van der Waals surface area contributed by atoms with Crippen molar-refractivity contribution in [2.24, 2.45) is 5.73 Å². The largest absolute Gasteiger partial charge is 0.366 e. The third kappa shape index (κ3) is 4.48. The molecule has 0 aliphatic carbocycles. The maximum atomic E-state index is 11.5. The van der Waals surface area contributed by atoms with Crippen molar-refractivity contribution in [3.8, 4) is 17.1 Å². The monoisotopic (exact) mass is 465 g/mol. The predicted octanol–water partition coefficient (Wildman–Crippen LogP) is 4.89. The Labute approximate surface area is 192 Å². The molecule has 0 spiro atoms. The SMILES string of the molecule is NC(=O)c1ccc(CSc2nnc(-c3ccc(Cl)cc3)n2-c2ccccc2)c([N+](=O)[O-])c1. The van der Waals surface area contributed by atoms with Crippen LogP contribution in [0.4, 0.5) is 5.69 Å². The molecule has 0 aliphatic rings. The van der Waals surface area contributed by atoms with Gasteiger partial charge in [-0.2, -0.15) is 0 Å². The lowest BCUT2D eigenvalue weighted by Crippen LogP contribution is -2.11. The number of aromatic nitrogens is 3. The van der Waals surface area contributed by atoms with Crippen LogP contribution in [-0.4, -0.2) is 25.6 Å². The van der Waals surface area contributed by atoms with E-state index in [1.807, 2.05) is 47.0 Å². The van der Waals surface area contributed by atoms with E-state index in [4.69, 9.17) is 17.3 Å². The van der Waals surface area contributed by atoms with Crippen LogP contribution >= 0.6 is 23.4 Å². The van der Waals surface area contributed by atoms with Gasteiger partial charge < -0.3 is 5.73 Å². The number of para-hydroxylation sites is 1. The molecule has 3 aromatic carbocycles. The molecule has 0 unspecified atom stereocenters. The molecule has 0 aliphatic heterocycles. The molecule has 0 bridgehead atoms. The molecule has 1 aromatic heterocycles. The van der Waals surface area contributed by atoms with Crippen LogP contribution in [0.2, 0.25) is 5.02 Å². The van der Waals surface area contributed by atoms with Crippen molar-refractivity contribution in [3.63, 3.8) is 0 Å². The smallest absolute Gasteiger partial charge is 0.274 e. The zero-order chi connectivity index (χ0) is 22.7. The summed E-state index contributed by atoms with van der Waals surface area (Å²) in [7, 11) is 0. The molecule has 4 rings (SSSR count). The minimum atomic E-state index is -0.719. The van der Waals surface area contributed by atoms with Gasteiger partial charge in [0.2, 0.25) is 5.91 Å². The lowest BCUT2D eigenvalue weighted by molar-refractivity contribution is -0.385. The molecule has 0 saturated heterocycles. The molecule has 10 heteroatoms. The highest BCUT2D eigenvalue weighted by Crippen LogP contribution is 2.32. The first-order valence-corrected chi connectivity index (χ1v) is 10.8. The Balaban J connectivity index is 1.71. The fourth-order valence-electron chi connectivity index (χ4n) is 3.11. The molecule has 0 atom stereocenters. The second-order valence-electron chi connectivity index (χ2n) is 6.74. The lowest BCUT2D eigenvalue weighted by atomic mass is 10.1. The van der Waals surface area contributed by atoms with Crippen molar-refractivity contribution in [2.45, 2.75) is 10.9 Å². The fraction of sp³-hybridized carbons (Fsp3) is 0.0455. The van der Waals surface area contributed by atoms with Gasteiger partial charge in [0.05, 0.1) is 4.92 Å². The topological polar surface area (TPSA) is 117 Å². The number of nitrogens with two attached hydrogens (primary N) is 1. The van der Waals surface area contributed by atoms with Gasteiger partial charge in [0.25, 0.3) is 5.69 Å². The van der Waals surface area contributed by atoms with Crippen molar-refractivity contribution in [1.29, 1.82) is 0 Å². The molecule has 0 fully saturated rings. The number of nitrogens with zero attached hydrogens (tertiary/aromatic N) is 4. The Hall–Kier alpha value is -3.69. The number of thioether (sulfide) groups is 1. The minimum Gasteiger partial charge on any atom is -0.366 e. The van der Waals surface area contributed by atoms with Crippen LogP contribution in [0.5, 0.6) is 0 Å². The second kappa shape index (κ2) is 9.21. The van der Waals surface area contributed by atoms with Crippen molar-refractivity contribution < 1.29 is 9.72 Å². The maximum absolute atomic E-state index is 11.5. The Morgan fingerprint density at radius 1 is 1.06 bits per heavy atom. The average Bonchev–Trinajstić information content (AvgIpc) is 3.22. The van der Waals surface area contributed by atoms with E-state index in [0.717, 1.165) is 11.3 Å². The van der Waals surface area contributed by atoms with Crippen LogP contribution in [0.15, 0.2) is 78.0 Å². The number of amides is 1. The molecule has 1 amide bonds. The summed E-state index contributed by atoms with van der Waals surface area (Å²) in [5.74, 6) is 0.152. The van der Waals surface area contributed by atoms with Crippen LogP contribution in [0.25, 0.3) is 17.1 Å². The number of nitro benzene ring substituents is 1. The molecule has 1 heterocycles. The van der Waals surface area contributed by atoms with Crippen molar-refractivity contribution >= 4 is 35.0 Å². The van der Waals surface area contributed by atoms with E-state index in [0.29, 0.717) is 21.6 Å². The highest BCUT2D eigenvalue weighted by molar-refractivity contribution is 7.98. The van der Waals surface area contributed by atoms with Crippen LogP contribution in [0.1, 0.15) is 15.9 Å². The molecule has 0 radical (unpaired) electrons. The Kier molecular flexibility index (Phi) is 6.20. The Morgan fingerprint density at radius 2 is 1.78 bits per heavy atom. The molecular formula is C22H16ClN5O3S. The summed E-state index contributed by atoms with van der Waals surface area (Å²) in [4.78, 5) is 22.4. The van der Waals surface area contributed by atoms with Crippen LogP contribution in [0.3, 0.4) is 0 Å². The number of nitro groups is 1. The highest BCUT2D eigenvalue weighted by atomic mass is 35.5. The van der Waals surface area contributed by atoms with Crippen molar-refractivity contribution in [1.82, 2.24) is 14.8 Å². The van der Waals surface area contributed by atoms with Crippen molar-refractivity contribution in [2.75, 3.05) is 0 Å². The number of carbonyl (C=O) groups is 1. The van der Waals surface area contributed by atoms with Crippen LogP contribution < -0.4 is 5.73 Å². The van der Waals surface area contributed by atoms with E-state index in [2.05, 4.69) is 10.2 Å². The minimum absolute atomic E-state index is 0.0860. The van der Waals surface area contributed by atoms with Gasteiger partial charge in [0, 0.05) is 39.2 Å². The summed E-state index contributed by atoms with van der Waals surface area (Å²) >= 11 is 7.32. The first-order valence-electron chi connectivity index (χ1n) is 9.41. The summed E-state index contributed by atoms with van der Waals surface area (Å²) in [6.45, 7) is 0. The first kappa shape index (κ1) is 21.5. The molecule has 32 heavy (non-hydrogen) atoms. The Morgan fingerprint density at radius 3 is 2.44 bits per heavy atom. The molecule has 8 nitrogen and oxygen atoms in total.